The van der Waals surface area contributed by atoms with Gasteiger partial charge in [-0.05, 0) is 0 Å². The van der Waals surface area contributed by atoms with Crippen molar-refractivity contribution >= 4 is 5.95 Å². The highest BCUT2D eigenvalue weighted by Gasteiger charge is 1.96. The van der Waals surface area contributed by atoms with E-state index < -0.39 is 0 Å². The molecule has 0 fully saturated rings. The van der Waals surface area contributed by atoms with Gasteiger partial charge < -0.3 is 11.5 Å². The third kappa shape index (κ3) is 2.21. The minimum absolute atomic E-state index is 0.205. The Hall–Kier alpha value is -1.65. The Balaban J connectivity index is 2.79. The summed E-state index contributed by atoms with van der Waals surface area (Å²) >= 11 is 0. The van der Waals surface area contributed by atoms with Crippen LogP contribution in [0.25, 0.3) is 0 Å². The number of hydrogen-bond acceptors (Lipinski definition) is 5. The van der Waals surface area contributed by atoms with Crippen molar-refractivity contribution in [3.63, 3.8) is 0 Å². The fraction of sp³-hybridized carbons (Fsp3) is 0.167. The third-order valence-corrected chi connectivity index (χ3v) is 1.03. The van der Waals surface area contributed by atoms with E-state index in [1.54, 1.807) is 0 Å². The average molecular weight is 151 g/mol. The molecule has 0 saturated carbocycles. The Morgan fingerprint density at radius 2 is 2.27 bits per heavy atom. The normalized spacial score (nSPS) is 9.45. The van der Waals surface area contributed by atoms with Crippen LogP contribution in [0.5, 0.6) is 0 Å². The zero-order valence-corrected chi connectivity index (χ0v) is 5.99. The molecular formula is C6H9N5. The molecule has 58 valence electrons. The smallest absolute Gasteiger partial charge is 0.223 e. The van der Waals surface area contributed by atoms with Gasteiger partial charge in [-0.25, -0.2) is 9.97 Å². The molecule has 0 aliphatic rings. The van der Waals surface area contributed by atoms with E-state index >= 15 is 0 Å². The van der Waals surface area contributed by atoms with Crippen molar-refractivity contribution in [3.05, 3.63) is 24.4 Å². The topological polar surface area (TPSA) is 90.7 Å². The number of nitrogens with zero attached hydrogens (tertiary/aromatic N) is 3. The molecule has 1 aromatic heterocycles. The molecule has 0 aliphatic carbocycles. The summed E-state index contributed by atoms with van der Waals surface area (Å²) in [5.74, 6) is 0.751. The average Bonchev–Trinajstić information content (AvgIpc) is 1.85. The number of hydrogen-bond donors (Lipinski definition) is 2. The van der Waals surface area contributed by atoms with Gasteiger partial charge in [0.1, 0.15) is 12.2 Å². The van der Waals surface area contributed by atoms with Gasteiger partial charge in [0.25, 0.3) is 0 Å². The molecule has 5 nitrogen and oxygen atoms in total. The fourth-order valence-electron chi connectivity index (χ4n) is 0.633. The first-order valence-electron chi connectivity index (χ1n) is 3.05. The maximum Gasteiger partial charge on any atom is 0.223 e. The van der Waals surface area contributed by atoms with Gasteiger partial charge in [-0.3, -0.25) is 0 Å². The first kappa shape index (κ1) is 7.46. The SMILES string of the molecule is C=C(N)Cc1ncnc(N)n1. The van der Waals surface area contributed by atoms with Crippen LogP contribution in [0.4, 0.5) is 5.95 Å². The lowest BCUT2D eigenvalue weighted by atomic mass is 10.3. The number of nitrogens with two attached hydrogens (primary N) is 2. The molecule has 0 saturated heterocycles. The Bertz CT molecular complexity index is 269. The standard InChI is InChI=1S/C6H9N5/c1-4(7)2-5-9-3-10-6(8)11-5/h3H,1-2,7H2,(H2,8,9,10,11). The number of allylic oxidation sites excluding steroid dienone is 1. The molecule has 0 bridgehead atoms. The van der Waals surface area contributed by atoms with Crippen molar-refractivity contribution in [2.45, 2.75) is 6.42 Å². The summed E-state index contributed by atoms with van der Waals surface area (Å²) in [6.07, 6.45) is 1.79. The highest BCUT2D eigenvalue weighted by atomic mass is 15.1. The predicted octanol–water partition coefficient (Wildman–Crippen LogP) is -0.531. The van der Waals surface area contributed by atoms with Gasteiger partial charge in [0.05, 0.1) is 0 Å². The lowest BCUT2D eigenvalue weighted by molar-refractivity contribution is 0.913. The Labute approximate surface area is 64.2 Å². The maximum absolute atomic E-state index is 5.34. The van der Waals surface area contributed by atoms with Crippen molar-refractivity contribution in [2.75, 3.05) is 5.73 Å². The van der Waals surface area contributed by atoms with Gasteiger partial charge in [-0.15, -0.1) is 0 Å². The van der Waals surface area contributed by atoms with E-state index in [0.717, 1.165) is 0 Å². The second kappa shape index (κ2) is 2.96. The van der Waals surface area contributed by atoms with Crippen molar-refractivity contribution < 1.29 is 0 Å². The highest BCUT2D eigenvalue weighted by Crippen LogP contribution is 1.95. The van der Waals surface area contributed by atoms with Crippen LogP contribution in [0.2, 0.25) is 0 Å². The Morgan fingerprint density at radius 1 is 1.55 bits per heavy atom. The number of rotatable bonds is 2. The van der Waals surface area contributed by atoms with Crippen LogP contribution in [0.15, 0.2) is 18.6 Å². The number of aromatic nitrogens is 3. The van der Waals surface area contributed by atoms with Crippen LogP contribution in [-0.4, -0.2) is 15.0 Å². The molecule has 0 aliphatic heterocycles. The van der Waals surface area contributed by atoms with Crippen LogP contribution >= 0.6 is 0 Å². The minimum atomic E-state index is 0.205. The summed E-state index contributed by atoms with van der Waals surface area (Å²) < 4.78 is 0. The predicted molar refractivity (Wildman–Crippen MR) is 41.3 cm³/mol. The van der Waals surface area contributed by atoms with Crippen molar-refractivity contribution in [1.82, 2.24) is 15.0 Å². The third-order valence-electron chi connectivity index (χ3n) is 1.03. The van der Waals surface area contributed by atoms with Gasteiger partial charge in [-0.2, -0.15) is 4.98 Å². The number of anilines is 1. The molecule has 4 N–H and O–H groups in total. The molecule has 5 heteroatoms. The van der Waals surface area contributed by atoms with Crippen molar-refractivity contribution in [3.8, 4) is 0 Å². The first-order chi connectivity index (χ1) is 5.18. The molecule has 1 rings (SSSR count). The lowest BCUT2D eigenvalue weighted by Crippen LogP contribution is -2.06. The zero-order chi connectivity index (χ0) is 8.27. The van der Waals surface area contributed by atoms with Gasteiger partial charge >= 0.3 is 0 Å². The minimum Gasteiger partial charge on any atom is -0.402 e. The molecule has 11 heavy (non-hydrogen) atoms. The van der Waals surface area contributed by atoms with E-state index in [4.69, 9.17) is 11.5 Å². The van der Waals surface area contributed by atoms with Crippen LogP contribution < -0.4 is 11.5 Å². The first-order valence-corrected chi connectivity index (χ1v) is 3.05. The summed E-state index contributed by atoms with van der Waals surface area (Å²) in [5, 5.41) is 0. The van der Waals surface area contributed by atoms with Gasteiger partial charge in [0.15, 0.2) is 0 Å². The van der Waals surface area contributed by atoms with Crippen LogP contribution in [0, 0.1) is 0 Å². The lowest BCUT2D eigenvalue weighted by Gasteiger charge is -1.97. The summed E-state index contributed by atoms with van der Waals surface area (Å²) in [6.45, 7) is 3.52. The van der Waals surface area contributed by atoms with Crippen LogP contribution in [0.3, 0.4) is 0 Å². The van der Waals surface area contributed by atoms with Gasteiger partial charge in [0.2, 0.25) is 5.95 Å². The molecule has 0 unspecified atom stereocenters. The van der Waals surface area contributed by atoms with Crippen molar-refractivity contribution in [1.29, 1.82) is 0 Å². The van der Waals surface area contributed by atoms with Gasteiger partial charge in [-0.1, -0.05) is 6.58 Å². The second-order valence-corrected chi connectivity index (χ2v) is 2.09. The summed E-state index contributed by atoms with van der Waals surface area (Å²) in [6, 6.07) is 0. The Kier molecular flexibility index (Phi) is 2.00. The van der Waals surface area contributed by atoms with E-state index in [1.165, 1.54) is 6.33 Å². The molecular weight excluding hydrogens is 142 g/mol. The van der Waals surface area contributed by atoms with Gasteiger partial charge in [0, 0.05) is 12.1 Å². The fourth-order valence-corrected chi connectivity index (χ4v) is 0.633. The quantitative estimate of drug-likeness (QED) is 0.592. The second-order valence-electron chi connectivity index (χ2n) is 2.09. The molecule has 0 radical (unpaired) electrons. The van der Waals surface area contributed by atoms with E-state index in [1.807, 2.05) is 0 Å². The monoisotopic (exact) mass is 151 g/mol. The Morgan fingerprint density at radius 3 is 2.82 bits per heavy atom. The van der Waals surface area contributed by atoms with E-state index in [2.05, 4.69) is 21.5 Å². The van der Waals surface area contributed by atoms with Crippen LogP contribution in [-0.2, 0) is 6.42 Å². The maximum atomic E-state index is 5.34. The molecule has 1 aromatic rings. The number of nitrogen functional groups attached to an aromatic ring is 1. The van der Waals surface area contributed by atoms with E-state index in [-0.39, 0.29) is 5.95 Å². The summed E-state index contributed by atoms with van der Waals surface area (Å²) in [7, 11) is 0. The molecule has 0 amide bonds. The molecule has 0 atom stereocenters. The van der Waals surface area contributed by atoms with E-state index in [0.29, 0.717) is 17.9 Å². The van der Waals surface area contributed by atoms with E-state index in [9.17, 15) is 0 Å². The largest absolute Gasteiger partial charge is 0.402 e. The molecule has 0 aromatic carbocycles. The molecule has 1 heterocycles. The van der Waals surface area contributed by atoms with Crippen LogP contribution in [0.1, 0.15) is 5.82 Å². The van der Waals surface area contributed by atoms with Crippen molar-refractivity contribution in [2.24, 2.45) is 5.73 Å². The highest BCUT2D eigenvalue weighted by molar-refractivity contribution is 5.14. The zero-order valence-electron chi connectivity index (χ0n) is 5.99. The molecule has 0 spiro atoms. The summed E-state index contributed by atoms with van der Waals surface area (Å²) in [4.78, 5) is 11.3. The summed E-state index contributed by atoms with van der Waals surface area (Å²) in [5.41, 5.74) is 11.2.